The first-order chi connectivity index (χ1) is 8.63. The monoisotopic (exact) mass is 305 g/mol. The van der Waals surface area contributed by atoms with E-state index in [2.05, 4.69) is 4.74 Å². The van der Waals surface area contributed by atoms with E-state index in [0.29, 0.717) is 29.7 Å². The summed E-state index contributed by atoms with van der Waals surface area (Å²) < 4.78 is 9.92. The maximum absolute atomic E-state index is 11.4. The number of halogens is 1. The number of ether oxygens (including phenoxy) is 2. The van der Waals surface area contributed by atoms with Gasteiger partial charge in [0, 0.05) is 18.7 Å². The first kappa shape index (κ1) is 13.7. The maximum atomic E-state index is 11.4. The molecule has 18 heavy (non-hydrogen) atoms. The predicted molar refractivity (Wildman–Crippen MR) is 74.5 cm³/mol. The molecule has 0 saturated carbocycles. The van der Waals surface area contributed by atoms with Crippen LogP contribution in [0.3, 0.4) is 0 Å². The van der Waals surface area contributed by atoms with Gasteiger partial charge in [0.25, 0.3) is 0 Å². The average molecular weight is 306 g/mol. The summed E-state index contributed by atoms with van der Waals surface area (Å²) in [5.74, 6) is -0.402. The van der Waals surface area contributed by atoms with E-state index in [1.54, 1.807) is 0 Å². The number of rotatable bonds is 3. The Labute approximate surface area is 119 Å². The summed E-state index contributed by atoms with van der Waals surface area (Å²) in [5.41, 5.74) is 0.895. The lowest BCUT2D eigenvalue weighted by Gasteiger charge is -2.29. The SMILES string of the molecule is COC(=O)c1scc(CN2CCOCC2=S)c1Cl. The molecular weight excluding hydrogens is 294 g/mol. The molecule has 0 amide bonds. The Morgan fingerprint density at radius 1 is 1.72 bits per heavy atom. The van der Waals surface area contributed by atoms with Crippen molar-refractivity contribution in [2.45, 2.75) is 6.54 Å². The zero-order valence-corrected chi connectivity index (χ0v) is 12.2. The number of morpholine rings is 1. The fraction of sp³-hybridized carbons (Fsp3) is 0.455. The third-order valence-corrected chi connectivity index (χ3v) is 4.54. The van der Waals surface area contributed by atoms with Crippen molar-refractivity contribution in [2.75, 3.05) is 26.9 Å². The van der Waals surface area contributed by atoms with Crippen LogP contribution in [0.25, 0.3) is 0 Å². The average Bonchev–Trinajstić information content (AvgIpc) is 2.73. The number of nitrogens with zero attached hydrogens (tertiary/aromatic N) is 1. The van der Waals surface area contributed by atoms with Gasteiger partial charge in [0.2, 0.25) is 0 Å². The molecule has 0 aromatic carbocycles. The zero-order valence-electron chi connectivity index (χ0n) is 9.77. The molecule has 0 radical (unpaired) electrons. The highest BCUT2D eigenvalue weighted by atomic mass is 35.5. The fourth-order valence-corrected chi connectivity index (χ4v) is 3.14. The highest BCUT2D eigenvalue weighted by Crippen LogP contribution is 2.29. The standard InChI is InChI=1S/C11H12ClNO3S2/c1-15-11(14)10-9(12)7(6-18-10)4-13-2-3-16-5-8(13)17/h6H,2-5H2,1H3. The highest BCUT2D eigenvalue weighted by molar-refractivity contribution is 7.80. The first-order valence-electron chi connectivity index (χ1n) is 5.33. The number of carbonyl (C=O) groups is 1. The second-order valence-electron chi connectivity index (χ2n) is 3.76. The number of carbonyl (C=O) groups excluding carboxylic acids is 1. The second kappa shape index (κ2) is 5.97. The number of esters is 1. The summed E-state index contributed by atoms with van der Waals surface area (Å²) in [4.78, 5) is 14.7. The molecule has 0 aliphatic carbocycles. The summed E-state index contributed by atoms with van der Waals surface area (Å²) in [7, 11) is 1.34. The van der Waals surface area contributed by atoms with Crippen LogP contribution >= 0.6 is 35.2 Å². The minimum absolute atomic E-state index is 0.402. The third-order valence-electron chi connectivity index (χ3n) is 2.62. The Balaban J connectivity index is 2.12. The lowest BCUT2D eigenvalue weighted by molar-refractivity contribution is 0.0606. The molecule has 0 spiro atoms. The van der Waals surface area contributed by atoms with Crippen LogP contribution in [0.1, 0.15) is 15.2 Å². The summed E-state index contributed by atoms with van der Waals surface area (Å²) in [6.07, 6.45) is 0. The molecule has 1 aromatic rings. The quantitative estimate of drug-likeness (QED) is 0.633. The molecule has 98 valence electrons. The van der Waals surface area contributed by atoms with E-state index >= 15 is 0 Å². The lowest BCUT2D eigenvalue weighted by Crippen LogP contribution is -2.39. The van der Waals surface area contributed by atoms with E-state index < -0.39 is 5.97 Å². The van der Waals surface area contributed by atoms with Gasteiger partial charge in [0.1, 0.15) is 9.87 Å². The van der Waals surface area contributed by atoms with Gasteiger partial charge < -0.3 is 14.4 Å². The molecule has 1 aliphatic rings. The molecule has 2 heterocycles. The van der Waals surface area contributed by atoms with Gasteiger partial charge in [-0.3, -0.25) is 0 Å². The molecule has 1 fully saturated rings. The molecule has 2 rings (SSSR count). The lowest BCUT2D eigenvalue weighted by atomic mass is 10.2. The van der Waals surface area contributed by atoms with E-state index in [1.807, 2.05) is 10.3 Å². The van der Waals surface area contributed by atoms with Gasteiger partial charge in [-0.2, -0.15) is 0 Å². The van der Waals surface area contributed by atoms with Crippen molar-refractivity contribution < 1.29 is 14.3 Å². The van der Waals surface area contributed by atoms with Crippen molar-refractivity contribution in [3.05, 3.63) is 20.8 Å². The van der Waals surface area contributed by atoms with Crippen LogP contribution in [-0.2, 0) is 16.0 Å². The van der Waals surface area contributed by atoms with E-state index in [1.165, 1.54) is 18.4 Å². The van der Waals surface area contributed by atoms with Gasteiger partial charge in [0.05, 0.1) is 25.3 Å². The minimum atomic E-state index is -0.402. The molecule has 7 heteroatoms. The first-order valence-corrected chi connectivity index (χ1v) is 6.99. The van der Waals surface area contributed by atoms with Crippen molar-refractivity contribution in [3.63, 3.8) is 0 Å². The number of thiophene rings is 1. The van der Waals surface area contributed by atoms with Crippen LogP contribution in [0.15, 0.2) is 5.38 Å². The van der Waals surface area contributed by atoms with Crippen molar-refractivity contribution >= 4 is 46.1 Å². The van der Waals surface area contributed by atoms with Crippen LogP contribution in [0, 0.1) is 0 Å². The van der Waals surface area contributed by atoms with E-state index in [-0.39, 0.29) is 0 Å². The van der Waals surface area contributed by atoms with Gasteiger partial charge in [0.15, 0.2) is 0 Å². The second-order valence-corrected chi connectivity index (χ2v) is 5.49. The van der Waals surface area contributed by atoms with E-state index in [9.17, 15) is 4.79 Å². The number of hydrogen-bond acceptors (Lipinski definition) is 5. The smallest absolute Gasteiger partial charge is 0.349 e. The minimum Gasteiger partial charge on any atom is -0.465 e. The zero-order chi connectivity index (χ0) is 13.1. The van der Waals surface area contributed by atoms with Gasteiger partial charge in [-0.05, 0) is 5.38 Å². The summed E-state index contributed by atoms with van der Waals surface area (Å²) in [5, 5.41) is 2.33. The molecule has 1 aromatic heterocycles. The number of methoxy groups -OCH3 is 1. The third kappa shape index (κ3) is 2.83. The molecule has 4 nitrogen and oxygen atoms in total. The summed E-state index contributed by atoms with van der Waals surface area (Å²) >= 11 is 12.7. The predicted octanol–water partition coefficient (Wildman–Crippen LogP) is 2.35. The van der Waals surface area contributed by atoms with Gasteiger partial charge in [-0.1, -0.05) is 23.8 Å². The topological polar surface area (TPSA) is 38.8 Å². The number of thiocarbonyl (C=S) groups is 1. The molecule has 0 atom stereocenters. The molecule has 0 N–H and O–H groups in total. The van der Waals surface area contributed by atoms with Crippen LogP contribution in [0.2, 0.25) is 5.02 Å². The Morgan fingerprint density at radius 3 is 3.17 bits per heavy atom. The molecule has 1 aliphatic heterocycles. The van der Waals surface area contributed by atoms with Gasteiger partial charge in [-0.15, -0.1) is 11.3 Å². The van der Waals surface area contributed by atoms with Crippen molar-refractivity contribution in [1.29, 1.82) is 0 Å². The number of hydrogen-bond donors (Lipinski definition) is 0. The molecule has 0 unspecified atom stereocenters. The van der Waals surface area contributed by atoms with Crippen molar-refractivity contribution in [1.82, 2.24) is 4.90 Å². The molecule has 0 bridgehead atoms. The molecular formula is C11H12ClNO3S2. The van der Waals surface area contributed by atoms with Crippen molar-refractivity contribution in [2.24, 2.45) is 0 Å². The Bertz CT molecular complexity index is 475. The van der Waals surface area contributed by atoms with E-state index in [0.717, 1.165) is 17.1 Å². The van der Waals surface area contributed by atoms with E-state index in [4.69, 9.17) is 28.6 Å². The Kier molecular flexibility index (Phi) is 4.55. The summed E-state index contributed by atoms with van der Waals surface area (Å²) in [6.45, 7) is 2.49. The van der Waals surface area contributed by atoms with Crippen LogP contribution in [-0.4, -0.2) is 42.7 Å². The van der Waals surface area contributed by atoms with Gasteiger partial charge in [-0.25, -0.2) is 4.79 Å². The normalized spacial score (nSPS) is 15.9. The summed E-state index contributed by atoms with van der Waals surface area (Å²) in [6, 6.07) is 0. The highest BCUT2D eigenvalue weighted by Gasteiger charge is 2.21. The maximum Gasteiger partial charge on any atom is 0.349 e. The van der Waals surface area contributed by atoms with Gasteiger partial charge >= 0.3 is 5.97 Å². The molecule has 1 saturated heterocycles. The Hall–Kier alpha value is -0.690. The fourth-order valence-electron chi connectivity index (χ4n) is 1.64. The largest absolute Gasteiger partial charge is 0.465 e. The van der Waals surface area contributed by atoms with Crippen LogP contribution in [0.4, 0.5) is 0 Å². The van der Waals surface area contributed by atoms with Crippen LogP contribution < -0.4 is 0 Å². The Morgan fingerprint density at radius 2 is 2.50 bits per heavy atom. The van der Waals surface area contributed by atoms with Crippen molar-refractivity contribution in [3.8, 4) is 0 Å². The van der Waals surface area contributed by atoms with Crippen LogP contribution in [0.5, 0.6) is 0 Å².